The van der Waals surface area contributed by atoms with Gasteiger partial charge in [-0.1, -0.05) is 20.8 Å². The Hall–Kier alpha value is -0.393. The number of methoxy groups -OCH3 is 1. The highest BCUT2D eigenvalue weighted by molar-refractivity contribution is 6.74. The van der Waals surface area contributed by atoms with Gasteiger partial charge in [-0.3, -0.25) is 10.1 Å². The minimum absolute atomic E-state index is 0.0500. The summed E-state index contributed by atoms with van der Waals surface area (Å²) in [6.45, 7) is 11.3. The molecule has 1 aliphatic heterocycles. The summed E-state index contributed by atoms with van der Waals surface area (Å²) < 4.78 is 11.4. The smallest absolute Gasteiger partial charge is 0.322 e. The van der Waals surface area contributed by atoms with Crippen LogP contribution in [0.2, 0.25) is 18.1 Å². The molecule has 5 heteroatoms. The van der Waals surface area contributed by atoms with Crippen molar-refractivity contribution in [1.29, 1.82) is 0 Å². The fraction of sp³-hybridized carbons (Fsp3) is 0.929. The predicted molar refractivity (Wildman–Crippen MR) is 77.6 cm³/mol. The Balaban J connectivity index is 2.07. The Labute approximate surface area is 117 Å². The fourth-order valence-corrected chi connectivity index (χ4v) is 3.92. The van der Waals surface area contributed by atoms with Crippen molar-refractivity contribution in [1.82, 2.24) is 5.32 Å². The third-order valence-corrected chi connectivity index (χ3v) is 9.53. The molecule has 1 heterocycles. The maximum atomic E-state index is 11.7. The molecule has 1 aliphatic carbocycles. The van der Waals surface area contributed by atoms with Crippen molar-refractivity contribution in [3.05, 3.63) is 0 Å². The van der Waals surface area contributed by atoms with Crippen LogP contribution in [0.4, 0.5) is 0 Å². The van der Waals surface area contributed by atoms with Crippen molar-refractivity contribution in [2.45, 2.75) is 75.9 Å². The van der Waals surface area contributed by atoms with Crippen LogP contribution >= 0.6 is 0 Å². The van der Waals surface area contributed by atoms with E-state index in [2.05, 4.69) is 39.2 Å². The van der Waals surface area contributed by atoms with E-state index < -0.39 is 8.32 Å². The lowest BCUT2D eigenvalue weighted by molar-refractivity contribution is -0.142. The van der Waals surface area contributed by atoms with Crippen LogP contribution in [0.25, 0.3) is 0 Å². The summed E-state index contributed by atoms with van der Waals surface area (Å²) >= 11 is 0. The number of rotatable bonds is 3. The van der Waals surface area contributed by atoms with Gasteiger partial charge >= 0.3 is 5.97 Å². The van der Waals surface area contributed by atoms with Gasteiger partial charge in [-0.15, -0.1) is 0 Å². The van der Waals surface area contributed by atoms with Crippen LogP contribution in [-0.4, -0.2) is 39.1 Å². The molecule has 0 aromatic heterocycles. The molecule has 0 aromatic carbocycles. The van der Waals surface area contributed by atoms with Crippen LogP contribution in [0.1, 0.15) is 40.0 Å². The fourth-order valence-electron chi connectivity index (χ4n) is 2.53. The third-order valence-electron chi connectivity index (χ3n) is 5.05. The van der Waals surface area contributed by atoms with Gasteiger partial charge in [-0.05, 0) is 31.0 Å². The van der Waals surface area contributed by atoms with Crippen molar-refractivity contribution < 1.29 is 14.0 Å². The Morgan fingerprint density at radius 1 is 1.32 bits per heavy atom. The van der Waals surface area contributed by atoms with E-state index in [1.54, 1.807) is 0 Å². The largest absolute Gasteiger partial charge is 0.468 e. The predicted octanol–water partition coefficient (Wildman–Crippen LogP) is 2.44. The first-order valence-electron chi connectivity index (χ1n) is 7.15. The molecule has 0 bridgehead atoms. The Morgan fingerprint density at radius 2 is 1.89 bits per heavy atom. The Kier molecular flexibility index (Phi) is 3.61. The summed E-state index contributed by atoms with van der Waals surface area (Å²) in [6.07, 6.45) is 3.14. The summed E-state index contributed by atoms with van der Waals surface area (Å²) in [7, 11) is -0.335. The van der Waals surface area contributed by atoms with E-state index in [1.165, 1.54) is 7.11 Å². The van der Waals surface area contributed by atoms with Gasteiger partial charge in [0.1, 0.15) is 6.04 Å². The lowest BCUT2D eigenvalue weighted by atomic mass is 10.1. The molecule has 0 aromatic rings. The molecule has 19 heavy (non-hydrogen) atoms. The minimum atomic E-state index is -1.79. The van der Waals surface area contributed by atoms with E-state index in [-0.39, 0.29) is 28.7 Å². The van der Waals surface area contributed by atoms with E-state index >= 15 is 0 Å². The zero-order valence-electron chi connectivity index (χ0n) is 13.0. The van der Waals surface area contributed by atoms with Crippen molar-refractivity contribution in [3.8, 4) is 0 Å². The third kappa shape index (κ3) is 2.73. The van der Waals surface area contributed by atoms with E-state index in [9.17, 15) is 4.79 Å². The second-order valence-corrected chi connectivity index (χ2v) is 12.2. The van der Waals surface area contributed by atoms with E-state index in [1.807, 2.05) is 0 Å². The molecule has 2 atom stereocenters. The lowest BCUT2D eigenvalue weighted by Crippen LogP contribution is -2.48. The number of carbonyl (C=O) groups excluding carboxylic acids is 1. The summed E-state index contributed by atoms with van der Waals surface area (Å²) in [6, 6.07) is -0.192. The molecule has 1 saturated carbocycles. The Morgan fingerprint density at radius 3 is 2.32 bits per heavy atom. The van der Waals surface area contributed by atoms with Gasteiger partial charge in [-0.25, -0.2) is 0 Å². The van der Waals surface area contributed by atoms with E-state index in [0.29, 0.717) is 0 Å². The second kappa shape index (κ2) is 4.57. The quantitative estimate of drug-likeness (QED) is 0.639. The van der Waals surface area contributed by atoms with Gasteiger partial charge in [0.2, 0.25) is 0 Å². The molecule has 1 N–H and O–H groups in total. The first-order valence-corrected chi connectivity index (χ1v) is 10.1. The molecule has 2 aliphatic rings. The molecule has 0 radical (unpaired) electrons. The van der Waals surface area contributed by atoms with Gasteiger partial charge in [-0.2, -0.15) is 0 Å². The normalized spacial score (nSPS) is 29.6. The van der Waals surface area contributed by atoms with Gasteiger partial charge in [0.15, 0.2) is 8.32 Å². The standard InChI is InChI=1S/C14H27NO3Si/c1-13(2,3)19(5,6)18-11-9-10(12(16)17-4)15-14(11)7-8-14/h10-11,15H,7-9H2,1-6H3/t10-,11+/m1/s1. The molecule has 110 valence electrons. The molecular formula is C14H27NO3Si. The molecule has 0 unspecified atom stereocenters. The van der Waals surface area contributed by atoms with Crippen LogP contribution in [0.15, 0.2) is 0 Å². The molecule has 0 amide bonds. The monoisotopic (exact) mass is 285 g/mol. The zero-order chi connectivity index (χ0) is 14.5. The topological polar surface area (TPSA) is 47.6 Å². The number of carbonyl (C=O) groups is 1. The summed E-state index contributed by atoms with van der Waals surface area (Å²) in [5.74, 6) is -0.160. The van der Waals surface area contributed by atoms with Crippen molar-refractivity contribution in [2.75, 3.05) is 7.11 Å². The maximum absolute atomic E-state index is 11.7. The van der Waals surface area contributed by atoms with Crippen molar-refractivity contribution in [2.24, 2.45) is 0 Å². The Bertz CT molecular complexity index is 371. The average molecular weight is 285 g/mol. The highest BCUT2D eigenvalue weighted by Gasteiger charge is 2.59. The van der Waals surface area contributed by atoms with Crippen molar-refractivity contribution in [3.63, 3.8) is 0 Å². The zero-order valence-corrected chi connectivity index (χ0v) is 14.0. The van der Waals surface area contributed by atoms with Crippen LogP contribution in [0, 0.1) is 0 Å². The van der Waals surface area contributed by atoms with Crippen LogP contribution in [0.3, 0.4) is 0 Å². The highest BCUT2D eigenvalue weighted by Crippen LogP contribution is 2.49. The van der Waals surface area contributed by atoms with E-state index in [4.69, 9.17) is 9.16 Å². The minimum Gasteiger partial charge on any atom is -0.468 e. The maximum Gasteiger partial charge on any atom is 0.322 e. The van der Waals surface area contributed by atoms with Gasteiger partial charge < -0.3 is 9.16 Å². The van der Waals surface area contributed by atoms with Crippen LogP contribution in [0.5, 0.6) is 0 Å². The first-order chi connectivity index (χ1) is 8.61. The highest BCUT2D eigenvalue weighted by atomic mass is 28.4. The summed E-state index contributed by atoms with van der Waals surface area (Å²) in [5, 5.41) is 3.64. The van der Waals surface area contributed by atoms with Gasteiger partial charge in [0.05, 0.1) is 13.2 Å². The number of esters is 1. The molecule has 1 spiro atoms. The molecule has 4 nitrogen and oxygen atoms in total. The lowest BCUT2D eigenvalue weighted by Gasteiger charge is -2.39. The van der Waals surface area contributed by atoms with Gasteiger partial charge in [0, 0.05) is 12.0 Å². The van der Waals surface area contributed by atoms with Crippen molar-refractivity contribution >= 4 is 14.3 Å². The first kappa shape index (κ1) is 15.0. The molecule has 2 fully saturated rings. The number of hydrogen-bond acceptors (Lipinski definition) is 4. The summed E-state index contributed by atoms with van der Waals surface area (Å²) in [5.41, 5.74) is 0.0500. The van der Waals surface area contributed by atoms with E-state index in [0.717, 1.165) is 19.3 Å². The van der Waals surface area contributed by atoms with Crippen LogP contribution in [-0.2, 0) is 14.0 Å². The molecule has 2 rings (SSSR count). The molecule has 1 saturated heterocycles. The molecular weight excluding hydrogens is 258 g/mol. The van der Waals surface area contributed by atoms with Gasteiger partial charge in [0.25, 0.3) is 0 Å². The van der Waals surface area contributed by atoms with Crippen LogP contribution < -0.4 is 5.32 Å². The number of ether oxygens (including phenoxy) is 1. The SMILES string of the molecule is COC(=O)[C@H]1C[C@H](O[Si](C)(C)C(C)(C)C)C2(CC2)N1. The number of nitrogens with one attached hydrogen (secondary N) is 1. The second-order valence-electron chi connectivity index (χ2n) is 7.48. The summed E-state index contributed by atoms with van der Waals surface area (Å²) in [4.78, 5) is 11.7. The average Bonchev–Trinajstić information content (AvgIpc) is 2.96. The number of hydrogen-bond donors (Lipinski definition) is 1.